The number of rotatable bonds is 1. The lowest BCUT2D eigenvalue weighted by Gasteiger charge is -1.97. The fourth-order valence-electron chi connectivity index (χ4n) is 1.30. The molecule has 0 aromatic carbocycles. The minimum absolute atomic E-state index is 0.776. The van der Waals surface area contributed by atoms with Gasteiger partial charge < -0.3 is 5.84 Å². The van der Waals surface area contributed by atoms with E-state index in [9.17, 15) is 0 Å². The zero-order chi connectivity index (χ0) is 10.1. The lowest BCUT2D eigenvalue weighted by atomic mass is 10.2. The summed E-state index contributed by atoms with van der Waals surface area (Å²) < 4.78 is 2.80. The smallest absolute Gasteiger partial charge is 0.0764 e. The molecule has 5 heteroatoms. The number of fused-ring (bicyclic) bond motifs is 1. The van der Waals surface area contributed by atoms with Crippen molar-refractivity contribution in [2.24, 2.45) is 10.9 Å². The van der Waals surface area contributed by atoms with Crippen LogP contribution < -0.4 is 5.84 Å². The van der Waals surface area contributed by atoms with E-state index in [0.717, 1.165) is 21.3 Å². The van der Waals surface area contributed by atoms with Crippen LogP contribution in [0.3, 0.4) is 0 Å². The second-order valence-corrected chi connectivity index (χ2v) is 3.86. The van der Waals surface area contributed by atoms with Crippen LogP contribution in [0.5, 0.6) is 0 Å². The van der Waals surface area contributed by atoms with Crippen molar-refractivity contribution in [3.05, 3.63) is 34.6 Å². The van der Waals surface area contributed by atoms with E-state index in [-0.39, 0.29) is 0 Å². The molecule has 2 rings (SSSR count). The van der Waals surface area contributed by atoms with E-state index < -0.39 is 0 Å². The highest BCUT2D eigenvalue weighted by Crippen LogP contribution is 2.16. The molecule has 2 N–H and O–H groups in total. The molecule has 0 radical (unpaired) electrons. The van der Waals surface area contributed by atoms with Gasteiger partial charge in [-0.1, -0.05) is 15.9 Å². The Balaban J connectivity index is 2.73. The Hall–Kier alpha value is -1.36. The maximum absolute atomic E-state index is 5.23. The molecule has 2 aromatic heterocycles. The third kappa shape index (κ3) is 1.39. The Labute approximate surface area is 89.5 Å². The summed E-state index contributed by atoms with van der Waals surface area (Å²) in [6.45, 7) is 1.86. The SMILES string of the molecule is CC(=NN)c1cnn2ccc(Br)cc12. The van der Waals surface area contributed by atoms with E-state index in [0.29, 0.717) is 0 Å². The molecule has 0 fully saturated rings. The Kier molecular flexibility index (Phi) is 2.25. The maximum Gasteiger partial charge on any atom is 0.0764 e. The molecule has 0 saturated heterocycles. The third-order valence-corrected chi connectivity index (χ3v) is 2.56. The number of halogens is 1. The van der Waals surface area contributed by atoms with Gasteiger partial charge in [-0.25, -0.2) is 4.52 Å². The molecular weight excluding hydrogens is 244 g/mol. The number of hydrazone groups is 1. The molecule has 72 valence electrons. The second kappa shape index (κ2) is 3.42. The van der Waals surface area contributed by atoms with Crippen LogP contribution in [0.25, 0.3) is 5.52 Å². The van der Waals surface area contributed by atoms with Gasteiger partial charge in [0, 0.05) is 16.2 Å². The first kappa shape index (κ1) is 9.21. The number of aromatic nitrogens is 2. The van der Waals surface area contributed by atoms with Gasteiger partial charge in [-0.15, -0.1) is 0 Å². The van der Waals surface area contributed by atoms with E-state index in [1.807, 2.05) is 25.3 Å². The van der Waals surface area contributed by atoms with Crippen LogP contribution in [0.2, 0.25) is 0 Å². The van der Waals surface area contributed by atoms with Crippen molar-refractivity contribution in [2.45, 2.75) is 6.92 Å². The van der Waals surface area contributed by atoms with Crippen molar-refractivity contribution in [1.82, 2.24) is 9.61 Å². The molecule has 0 aliphatic heterocycles. The lowest BCUT2D eigenvalue weighted by Crippen LogP contribution is -1.98. The molecule has 0 atom stereocenters. The lowest BCUT2D eigenvalue weighted by molar-refractivity contribution is 0.959. The minimum Gasteiger partial charge on any atom is -0.323 e. The summed E-state index contributed by atoms with van der Waals surface area (Å²) in [5.41, 5.74) is 2.72. The average Bonchev–Trinajstić information content (AvgIpc) is 2.59. The average molecular weight is 253 g/mol. The van der Waals surface area contributed by atoms with Gasteiger partial charge >= 0.3 is 0 Å². The van der Waals surface area contributed by atoms with Crippen LogP contribution in [-0.2, 0) is 0 Å². The van der Waals surface area contributed by atoms with Gasteiger partial charge in [0.15, 0.2) is 0 Å². The van der Waals surface area contributed by atoms with Crippen molar-refractivity contribution >= 4 is 27.2 Å². The van der Waals surface area contributed by atoms with E-state index >= 15 is 0 Å². The van der Waals surface area contributed by atoms with Gasteiger partial charge in [-0.05, 0) is 19.1 Å². The molecule has 0 aliphatic rings. The molecule has 0 unspecified atom stereocenters. The monoisotopic (exact) mass is 252 g/mol. The summed E-state index contributed by atoms with van der Waals surface area (Å²) in [7, 11) is 0. The van der Waals surface area contributed by atoms with Crippen molar-refractivity contribution in [2.75, 3.05) is 0 Å². The molecule has 0 spiro atoms. The van der Waals surface area contributed by atoms with Gasteiger partial charge in [0.05, 0.1) is 17.4 Å². The fraction of sp³-hybridized carbons (Fsp3) is 0.111. The van der Waals surface area contributed by atoms with Crippen molar-refractivity contribution in [1.29, 1.82) is 0 Å². The van der Waals surface area contributed by atoms with Gasteiger partial charge in [-0.3, -0.25) is 0 Å². The van der Waals surface area contributed by atoms with Crippen LogP contribution in [0.4, 0.5) is 0 Å². The zero-order valence-corrected chi connectivity index (χ0v) is 9.19. The highest BCUT2D eigenvalue weighted by molar-refractivity contribution is 9.10. The fourth-order valence-corrected chi connectivity index (χ4v) is 1.64. The molecule has 0 bridgehead atoms. The van der Waals surface area contributed by atoms with Crippen molar-refractivity contribution in [3.63, 3.8) is 0 Å². The molecule has 0 saturated carbocycles. The predicted molar refractivity (Wildman–Crippen MR) is 59.3 cm³/mol. The zero-order valence-electron chi connectivity index (χ0n) is 7.61. The standard InChI is InChI=1S/C9H9BrN4/c1-6(13-11)8-5-12-14-3-2-7(10)4-9(8)14/h2-5H,11H2,1H3. The molecule has 0 amide bonds. The Bertz CT molecular complexity index is 500. The number of hydrogen-bond donors (Lipinski definition) is 1. The summed E-state index contributed by atoms with van der Waals surface area (Å²) >= 11 is 3.41. The number of nitrogens with two attached hydrogens (primary N) is 1. The van der Waals surface area contributed by atoms with E-state index in [1.165, 1.54) is 0 Å². The summed E-state index contributed by atoms with van der Waals surface area (Å²) in [6.07, 6.45) is 3.64. The van der Waals surface area contributed by atoms with Gasteiger partial charge in [0.2, 0.25) is 0 Å². The van der Waals surface area contributed by atoms with Gasteiger partial charge in [-0.2, -0.15) is 10.2 Å². The second-order valence-electron chi connectivity index (χ2n) is 2.95. The van der Waals surface area contributed by atoms with E-state index in [1.54, 1.807) is 10.7 Å². The Morgan fingerprint density at radius 3 is 3.14 bits per heavy atom. The first-order valence-corrected chi connectivity index (χ1v) is 4.89. The molecule has 0 aliphatic carbocycles. The van der Waals surface area contributed by atoms with Crippen LogP contribution in [0.15, 0.2) is 34.1 Å². The van der Waals surface area contributed by atoms with Crippen molar-refractivity contribution in [3.8, 4) is 0 Å². The number of pyridine rings is 1. The summed E-state index contributed by atoms with van der Waals surface area (Å²) in [5.74, 6) is 5.23. The Morgan fingerprint density at radius 2 is 2.43 bits per heavy atom. The van der Waals surface area contributed by atoms with Crippen LogP contribution in [0.1, 0.15) is 12.5 Å². The van der Waals surface area contributed by atoms with Crippen LogP contribution in [-0.4, -0.2) is 15.3 Å². The number of hydrogen-bond acceptors (Lipinski definition) is 3. The van der Waals surface area contributed by atoms with Gasteiger partial charge in [0.25, 0.3) is 0 Å². The maximum atomic E-state index is 5.23. The highest BCUT2D eigenvalue weighted by atomic mass is 79.9. The van der Waals surface area contributed by atoms with Crippen LogP contribution in [0, 0.1) is 0 Å². The minimum atomic E-state index is 0.776. The van der Waals surface area contributed by atoms with E-state index in [2.05, 4.69) is 26.1 Å². The number of nitrogens with zero attached hydrogens (tertiary/aromatic N) is 3. The topological polar surface area (TPSA) is 55.7 Å². The predicted octanol–water partition coefficient (Wildman–Crippen LogP) is 1.78. The molecule has 4 nitrogen and oxygen atoms in total. The molecule has 2 heterocycles. The van der Waals surface area contributed by atoms with E-state index in [4.69, 9.17) is 5.84 Å². The summed E-state index contributed by atoms with van der Waals surface area (Å²) in [6, 6.07) is 3.91. The quantitative estimate of drug-likeness (QED) is 0.478. The molecule has 14 heavy (non-hydrogen) atoms. The first-order chi connectivity index (χ1) is 6.72. The Morgan fingerprint density at radius 1 is 1.64 bits per heavy atom. The van der Waals surface area contributed by atoms with Crippen LogP contribution >= 0.6 is 15.9 Å². The largest absolute Gasteiger partial charge is 0.323 e. The van der Waals surface area contributed by atoms with Crippen molar-refractivity contribution < 1.29 is 0 Å². The first-order valence-electron chi connectivity index (χ1n) is 4.10. The third-order valence-electron chi connectivity index (χ3n) is 2.07. The molecular formula is C9H9BrN4. The summed E-state index contributed by atoms with van der Waals surface area (Å²) in [4.78, 5) is 0. The molecule has 2 aromatic rings. The summed E-state index contributed by atoms with van der Waals surface area (Å²) in [5, 5.41) is 7.85. The van der Waals surface area contributed by atoms with Gasteiger partial charge in [0.1, 0.15) is 0 Å². The normalized spacial score (nSPS) is 12.3. The highest BCUT2D eigenvalue weighted by Gasteiger charge is 2.06.